The van der Waals surface area contributed by atoms with Crippen LogP contribution in [-0.2, 0) is 10.2 Å². The molecular weight excluding hydrogens is 276 g/mol. The molecule has 1 aromatic heterocycles. The molecule has 0 saturated carbocycles. The molecule has 0 unspecified atom stereocenters. The van der Waals surface area contributed by atoms with Crippen molar-refractivity contribution in [2.45, 2.75) is 19.3 Å². The number of nitrogens with one attached hydrogen (secondary N) is 1. The first-order valence-electron chi connectivity index (χ1n) is 6.04. The van der Waals surface area contributed by atoms with E-state index in [1.165, 1.54) is 11.3 Å². The normalized spacial score (nSPS) is 11.2. The van der Waals surface area contributed by atoms with Crippen LogP contribution in [0, 0.1) is 0 Å². The molecule has 0 saturated heterocycles. The van der Waals surface area contributed by atoms with Gasteiger partial charge in [0.05, 0.1) is 12.8 Å². The lowest BCUT2D eigenvalue weighted by molar-refractivity contribution is -0.142. The maximum Gasteiger partial charge on any atom is 0.315 e. The quantitative estimate of drug-likeness (QED) is 0.885. The molecule has 5 nitrogen and oxygen atoms in total. The van der Waals surface area contributed by atoms with Crippen LogP contribution in [0.3, 0.4) is 0 Å². The van der Waals surface area contributed by atoms with Gasteiger partial charge in [0.25, 0.3) is 0 Å². The lowest BCUT2D eigenvalue weighted by atomic mass is 9.90. The second-order valence-electron chi connectivity index (χ2n) is 4.82. The number of carbonyl (C=O) groups is 1. The minimum Gasteiger partial charge on any atom is -0.497 e. The summed E-state index contributed by atoms with van der Waals surface area (Å²) in [5, 5.41) is 14.8. The van der Waals surface area contributed by atoms with Crippen LogP contribution in [0.25, 0.3) is 0 Å². The number of methoxy groups -OCH3 is 1. The zero-order valence-electron chi connectivity index (χ0n) is 11.5. The molecule has 6 heteroatoms. The minimum atomic E-state index is -0.990. The van der Waals surface area contributed by atoms with Crippen LogP contribution in [0.1, 0.15) is 19.5 Å². The molecule has 0 atom stereocenters. The Morgan fingerprint density at radius 3 is 2.55 bits per heavy atom. The third-order valence-corrected chi connectivity index (χ3v) is 3.78. The number of nitrogens with zero attached hydrogens (tertiary/aromatic N) is 1. The molecule has 2 rings (SSSR count). The summed E-state index contributed by atoms with van der Waals surface area (Å²) < 4.78 is 5.09. The predicted octanol–water partition coefficient (Wildman–Crippen LogP) is 3.26. The monoisotopic (exact) mass is 292 g/mol. The zero-order chi connectivity index (χ0) is 14.8. The molecule has 0 aliphatic carbocycles. The number of aliphatic carboxylic acids is 1. The summed E-state index contributed by atoms with van der Waals surface area (Å²) in [4.78, 5) is 15.5. The van der Waals surface area contributed by atoms with Gasteiger partial charge in [0.15, 0.2) is 5.13 Å². The zero-order valence-corrected chi connectivity index (χ0v) is 12.3. The van der Waals surface area contributed by atoms with Crippen molar-refractivity contribution in [2.75, 3.05) is 12.4 Å². The average Bonchev–Trinajstić information content (AvgIpc) is 2.88. The number of hydrogen-bond donors (Lipinski definition) is 2. The summed E-state index contributed by atoms with van der Waals surface area (Å²) in [6.45, 7) is 3.28. The molecule has 106 valence electrons. The Balaban J connectivity index is 2.15. The highest BCUT2D eigenvalue weighted by Crippen LogP contribution is 2.29. The number of anilines is 2. The Morgan fingerprint density at radius 2 is 2.00 bits per heavy atom. The number of carboxylic acid groups (broad SMARTS) is 1. The molecule has 0 radical (unpaired) electrons. The summed E-state index contributed by atoms with van der Waals surface area (Å²) >= 11 is 1.38. The van der Waals surface area contributed by atoms with E-state index in [0.29, 0.717) is 10.8 Å². The van der Waals surface area contributed by atoms with E-state index in [9.17, 15) is 9.90 Å². The second kappa shape index (κ2) is 5.50. The number of rotatable bonds is 5. The topological polar surface area (TPSA) is 71.5 Å². The van der Waals surface area contributed by atoms with E-state index in [4.69, 9.17) is 4.74 Å². The van der Waals surface area contributed by atoms with Crippen molar-refractivity contribution < 1.29 is 14.6 Å². The van der Waals surface area contributed by atoms with Crippen molar-refractivity contribution in [2.24, 2.45) is 0 Å². The van der Waals surface area contributed by atoms with Crippen molar-refractivity contribution in [3.8, 4) is 5.75 Å². The van der Waals surface area contributed by atoms with Crippen LogP contribution in [0.15, 0.2) is 29.6 Å². The summed E-state index contributed by atoms with van der Waals surface area (Å²) in [6, 6.07) is 7.45. The summed E-state index contributed by atoms with van der Waals surface area (Å²) in [6.07, 6.45) is 0. The SMILES string of the molecule is COc1ccc(Nc2nc(C(C)(C)C(=O)O)cs2)cc1. The molecule has 0 aliphatic rings. The third kappa shape index (κ3) is 2.91. The number of thiazole rings is 1. The Labute approximate surface area is 121 Å². The maximum absolute atomic E-state index is 11.2. The van der Waals surface area contributed by atoms with E-state index >= 15 is 0 Å². The Hall–Kier alpha value is -2.08. The van der Waals surface area contributed by atoms with Crippen molar-refractivity contribution >= 4 is 28.1 Å². The van der Waals surface area contributed by atoms with Crippen molar-refractivity contribution in [3.05, 3.63) is 35.3 Å². The molecule has 0 aliphatic heterocycles. The van der Waals surface area contributed by atoms with Gasteiger partial charge in [0, 0.05) is 11.1 Å². The van der Waals surface area contributed by atoms with Gasteiger partial charge in [-0.1, -0.05) is 0 Å². The summed E-state index contributed by atoms with van der Waals surface area (Å²) in [5.41, 5.74) is 0.432. The van der Waals surface area contributed by atoms with E-state index in [1.54, 1.807) is 26.3 Å². The smallest absolute Gasteiger partial charge is 0.315 e. The van der Waals surface area contributed by atoms with E-state index < -0.39 is 11.4 Å². The van der Waals surface area contributed by atoms with Crippen LogP contribution >= 0.6 is 11.3 Å². The Bertz CT molecular complexity index is 605. The summed E-state index contributed by atoms with van der Waals surface area (Å²) in [5.74, 6) is -0.110. The van der Waals surface area contributed by atoms with Gasteiger partial charge in [-0.3, -0.25) is 4.79 Å². The van der Waals surface area contributed by atoms with Gasteiger partial charge in [-0.25, -0.2) is 4.98 Å². The number of aromatic nitrogens is 1. The highest BCUT2D eigenvalue weighted by Gasteiger charge is 2.32. The lowest BCUT2D eigenvalue weighted by Gasteiger charge is -2.15. The number of ether oxygens (including phenoxy) is 1. The van der Waals surface area contributed by atoms with Crippen LogP contribution in [0.2, 0.25) is 0 Å². The minimum absolute atomic E-state index is 0.547. The first-order chi connectivity index (χ1) is 9.43. The van der Waals surface area contributed by atoms with E-state index in [1.807, 2.05) is 24.3 Å². The molecule has 1 aromatic carbocycles. The molecule has 2 N–H and O–H groups in total. The fourth-order valence-corrected chi connectivity index (χ4v) is 2.42. The van der Waals surface area contributed by atoms with Gasteiger partial charge in [0.1, 0.15) is 11.2 Å². The van der Waals surface area contributed by atoms with Crippen LogP contribution < -0.4 is 10.1 Å². The average molecular weight is 292 g/mol. The van der Waals surface area contributed by atoms with Gasteiger partial charge in [-0.2, -0.15) is 0 Å². The first kappa shape index (κ1) is 14.3. The van der Waals surface area contributed by atoms with Crippen molar-refractivity contribution in [1.29, 1.82) is 0 Å². The predicted molar refractivity (Wildman–Crippen MR) is 79.1 cm³/mol. The molecular formula is C14H16N2O3S. The highest BCUT2D eigenvalue weighted by atomic mass is 32.1. The van der Waals surface area contributed by atoms with E-state index in [2.05, 4.69) is 10.3 Å². The second-order valence-corrected chi connectivity index (χ2v) is 5.68. The summed E-state index contributed by atoms with van der Waals surface area (Å²) in [7, 11) is 1.61. The number of hydrogen-bond acceptors (Lipinski definition) is 5. The van der Waals surface area contributed by atoms with E-state index in [0.717, 1.165) is 11.4 Å². The number of benzene rings is 1. The Morgan fingerprint density at radius 1 is 1.35 bits per heavy atom. The molecule has 2 aromatic rings. The molecule has 0 amide bonds. The van der Waals surface area contributed by atoms with Crippen molar-refractivity contribution in [1.82, 2.24) is 4.98 Å². The van der Waals surface area contributed by atoms with Gasteiger partial charge in [0.2, 0.25) is 0 Å². The van der Waals surface area contributed by atoms with Gasteiger partial charge in [-0.05, 0) is 38.1 Å². The Kier molecular flexibility index (Phi) is 3.94. The first-order valence-corrected chi connectivity index (χ1v) is 6.92. The van der Waals surface area contributed by atoms with Crippen LogP contribution in [0.4, 0.5) is 10.8 Å². The molecule has 20 heavy (non-hydrogen) atoms. The maximum atomic E-state index is 11.2. The van der Waals surface area contributed by atoms with Gasteiger partial charge in [-0.15, -0.1) is 11.3 Å². The van der Waals surface area contributed by atoms with Crippen LogP contribution in [-0.4, -0.2) is 23.2 Å². The van der Waals surface area contributed by atoms with Crippen LogP contribution in [0.5, 0.6) is 5.75 Å². The number of carboxylic acids is 1. The van der Waals surface area contributed by atoms with Gasteiger partial charge >= 0.3 is 5.97 Å². The molecule has 0 fully saturated rings. The largest absolute Gasteiger partial charge is 0.497 e. The standard InChI is InChI=1S/C14H16N2O3S/c1-14(2,12(17)18)11-8-20-13(16-11)15-9-4-6-10(19-3)7-5-9/h4-8H,1-3H3,(H,15,16)(H,17,18). The molecule has 0 spiro atoms. The van der Waals surface area contributed by atoms with Crippen molar-refractivity contribution in [3.63, 3.8) is 0 Å². The highest BCUT2D eigenvalue weighted by molar-refractivity contribution is 7.13. The fourth-order valence-electron chi connectivity index (χ4n) is 1.53. The lowest BCUT2D eigenvalue weighted by Crippen LogP contribution is -2.28. The van der Waals surface area contributed by atoms with E-state index in [-0.39, 0.29) is 0 Å². The third-order valence-electron chi connectivity index (χ3n) is 3.02. The molecule has 1 heterocycles. The molecule has 0 bridgehead atoms. The fraction of sp³-hybridized carbons (Fsp3) is 0.286. The van der Waals surface area contributed by atoms with Gasteiger partial charge < -0.3 is 15.2 Å².